The van der Waals surface area contributed by atoms with Crippen LogP contribution in [0.4, 0.5) is 0 Å². The molecule has 0 saturated carbocycles. The highest BCUT2D eigenvalue weighted by Crippen LogP contribution is 2.23. The third-order valence-electron chi connectivity index (χ3n) is 2.29. The van der Waals surface area contributed by atoms with Crippen LogP contribution in [0.5, 0.6) is 0 Å². The standard InChI is InChI=1S/C12H8BrClO/c13-7-8-5-9-3-1-2-4-10(9)11(6-8)12(14)15/h1-6H,7H2. The molecule has 0 heterocycles. The summed E-state index contributed by atoms with van der Waals surface area (Å²) in [6.07, 6.45) is 0. The molecule has 0 N–H and O–H groups in total. The van der Waals surface area contributed by atoms with Crippen molar-refractivity contribution >= 4 is 43.5 Å². The van der Waals surface area contributed by atoms with E-state index in [-0.39, 0.29) is 0 Å². The van der Waals surface area contributed by atoms with Gasteiger partial charge in [-0.3, -0.25) is 4.79 Å². The van der Waals surface area contributed by atoms with Crippen LogP contribution < -0.4 is 0 Å². The summed E-state index contributed by atoms with van der Waals surface area (Å²) >= 11 is 8.93. The van der Waals surface area contributed by atoms with Crippen LogP contribution in [-0.2, 0) is 5.33 Å². The van der Waals surface area contributed by atoms with Crippen LogP contribution in [0.15, 0.2) is 36.4 Å². The molecule has 0 bridgehead atoms. The maximum atomic E-state index is 11.3. The van der Waals surface area contributed by atoms with Gasteiger partial charge in [0.15, 0.2) is 0 Å². The van der Waals surface area contributed by atoms with Crippen LogP contribution in [0.2, 0.25) is 0 Å². The van der Waals surface area contributed by atoms with Crippen LogP contribution in [-0.4, -0.2) is 5.24 Å². The number of fused-ring (bicyclic) bond motifs is 1. The van der Waals surface area contributed by atoms with Crippen LogP contribution in [0.1, 0.15) is 15.9 Å². The van der Waals surface area contributed by atoms with Crippen molar-refractivity contribution in [1.82, 2.24) is 0 Å². The highest BCUT2D eigenvalue weighted by Gasteiger charge is 2.08. The van der Waals surface area contributed by atoms with E-state index in [1.807, 2.05) is 36.4 Å². The zero-order valence-electron chi connectivity index (χ0n) is 7.84. The first-order valence-corrected chi connectivity index (χ1v) is 6.00. The molecule has 2 rings (SSSR count). The normalized spacial score (nSPS) is 10.5. The maximum Gasteiger partial charge on any atom is 0.253 e. The van der Waals surface area contributed by atoms with Gasteiger partial charge in [-0.25, -0.2) is 0 Å². The van der Waals surface area contributed by atoms with Gasteiger partial charge in [0, 0.05) is 10.9 Å². The van der Waals surface area contributed by atoms with Crippen molar-refractivity contribution in [3.63, 3.8) is 0 Å². The number of carbonyl (C=O) groups is 1. The van der Waals surface area contributed by atoms with Gasteiger partial charge in [-0.1, -0.05) is 46.3 Å². The Morgan fingerprint density at radius 3 is 2.67 bits per heavy atom. The van der Waals surface area contributed by atoms with E-state index in [0.29, 0.717) is 5.56 Å². The molecule has 0 aromatic heterocycles. The van der Waals surface area contributed by atoms with Crippen LogP contribution in [0, 0.1) is 0 Å². The smallest absolute Gasteiger partial charge is 0.253 e. The van der Waals surface area contributed by atoms with Crippen molar-refractivity contribution in [3.8, 4) is 0 Å². The van der Waals surface area contributed by atoms with Crippen molar-refractivity contribution in [3.05, 3.63) is 47.5 Å². The predicted octanol–water partition coefficient (Wildman–Crippen LogP) is 4.11. The average molecular weight is 284 g/mol. The third kappa shape index (κ3) is 2.06. The minimum absolute atomic E-state index is 0.408. The molecule has 0 spiro atoms. The number of rotatable bonds is 2. The van der Waals surface area contributed by atoms with Crippen LogP contribution >= 0.6 is 27.5 Å². The lowest BCUT2D eigenvalue weighted by molar-refractivity contribution is 0.108. The topological polar surface area (TPSA) is 17.1 Å². The molecule has 0 saturated heterocycles. The Hall–Kier alpha value is -0.860. The second kappa shape index (κ2) is 4.33. The van der Waals surface area contributed by atoms with Gasteiger partial charge < -0.3 is 0 Å². The number of carbonyl (C=O) groups excluding carboxylic acids is 1. The van der Waals surface area contributed by atoms with E-state index in [1.54, 1.807) is 0 Å². The Bertz CT molecular complexity index is 522. The summed E-state index contributed by atoms with van der Waals surface area (Å²) in [5.41, 5.74) is 1.63. The molecule has 2 aromatic rings. The van der Waals surface area contributed by atoms with Gasteiger partial charge >= 0.3 is 0 Å². The van der Waals surface area contributed by atoms with Crippen molar-refractivity contribution in [2.24, 2.45) is 0 Å². The molecule has 0 amide bonds. The maximum absolute atomic E-state index is 11.3. The Morgan fingerprint density at radius 1 is 1.27 bits per heavy atom. The minimum atomic E-state index is -0.408. The molecule has 0 radical (unpaired) electrons. The van der Waals surface area contributed by atoms with E-state index < -0.39 is 5.24 Å². The fraction of sp³-hybridized carbons (Fsp3) is 0.0833. The van der Waals surface area contributed by atoms with Crippen LogP contribution in [0.3, 0.4) is 0 Å². The van der Waals surface area contributed by atoms with E-state index in [2.05, 4.69) is 15.9 Å². The molecule has 3 heteroatoms. The van der Waals surface area contributed by atoms with Crippen molar-refractivity contribution in [2.75, 3.05) is 0 Å². The van der Waals surface area contributed by atoms with Gasteiger partial charge in [-0.2, -0.15) is 0 Å². The van der Waals surface area contributed by atoms with Crippen molar-refractivity contribution in [1.29, 1.82) is 0 Å². The first-order valence-electron chi connectivity index (χ1n) is 4.50. The van der Waals surface area contributed by atoms with Crippen LogP contribution in [0.25, 0.3) is 10.8 Å². The second-order valence-electron chi connectivity index (χ2n) is 3.27. The number of hydrogen-bond acceptors (Lipinski definition) is 1. The lowest BCUT2D eigenvalue weighted by Crippen LogP contribution is -1.93. The molecule has 15 heavy (non-hydrogen) atoms. The quantitative estimate of drug-likeness (QED) is 0.599. The van der Waals surface area contributed by atoms with Crippen molar-refractivity contribution in [2.45, 2.75) is 5.33 Å². The summed E-state index contributed by atoms with van der Waals surface area (Å²) in [5.74, 6) is 0. The largest absolute Gasteiger partial charge is 0.276 e. The number of hydrogen-bond donors (Lipinski definition) is 0. The Kier molecular flexibility index (Phi) is 3.08. The van der Waals surface area contributed by atoms with Crippen molar-refractivity contribution < 1.29 is 4.79 Å². The predicted molar refractivity (Wildman–Crippen MR) is 66.8 cm³/mol. The van der Waals surface area contributed by atoms with Gasteiger partial charge in [0.1, 0.15) is 0 Å². The summed E-state index contributed by atoms with van der Waals surface area (Å²) in [5, 5.41) is 2.25. The highest BCUT2D eigenvalue weighted by molar-refractivity contribution is 9.08. The van der Waals surface area contributed by atoms with Gasteiger partial charge in [0.05, 0.1) is 0 Å². The molecule has 0 aliphatic rings. The molecular weight excluding hydrogens is 275 g/mol. The summed E-state index contributed by atoms with van der Waals surface area (Å²) in [7, 11) is 0. The first-order chi connectivity index (χ1) is 7.22. The number of alkyl halides is 1. The molecule has 0 unspecified atom stereocenters. The molecule has 0 aliphatic heterocycles. The van der Waals surface area contributed by atoms with Gasteiger partial charge in [-0.05, 0) is 34.0 Å². The zero-order valence-corrected chi connectivity index (χ0v) is 10.2. The Morgan fingerprint density at radius 2 is 2.00 bits per heavy atom. The van der Waals surface area contributed by atoms with Gasteiger partial charge in [0.2, 0.25) is 0 Å². The fourth-order valence-electron chi connectivity index (χ4n) is 1.61. The Balaban J connectivity index is 2.80. The minimum Gasteiger partial charge on any atom is -0.276 e. The lowest BCUT2D eigenvalue weighted by atomic mass is 10.0. The van der Waals surface area contributed by atoms with E-state index >= 15 is 0 Å². The Labute approximate surface area is 101 Å². The second-order valence-corrected chi connectivity index (χ2v) is 4.18. The van der Waals surface area contributed by atoms with Gasteiger partial charge in [-0.15, -0.1) is 0 Å². The molecule has 2 aromatic carbocycles. The molecule has 76 valence electrons. The monoisotopic (exact) mass is 282 g/mol. The molecule has 0 fully saturated rings. The van der Waals surface area contributed by atoms with E-state index in [0.717, 1.165) is 21.7 Å². The number of benzene rings is 2. The molecular formula is C12H8BrClO. The lowest BCUT2D eigenvalue weighted by Gasteiger charge is -2.05. The first kappa shape index (κ1) is 10.7. The molecule has 0 atom stereocenters. The average Bonchev–Trinajstić information content (AvgIpc) is 2.27. The number of halogens is 2. The van der Waals surface area contributed by atoms with E-state index in [9.17, 15) is 4.79 Å². The summed E-state index contributed by atoms with van der Waals surface area (Å²) in [6, 6.07) is 11.6. The zero-order chi connectivity index (χ0) is 10.8. The molecule has 1 nitrogen and oxygen atoms in total. The summed E-state index contributed by atoms with van der Waals surface area (Å²) in [6.45, 7) is 0. The third-order valence-corrected chi connectivity index (χ3v) is 3.14. The SMILES string of the molecule is O=C(Cl)c1cc(CBr)cc2ccccc12. The fourth-order valence-corrected chi connectivity index (χ4v) is 2.09. The highest BCUT2D eigenvalue weighted by atomic mass is 79.9. The summed E-state index contributed by atoms with van der Waals surface area (Å²) < 4.78 is 0. The summed E-state index contributed by atoms with van der Waals surface area (Å²) in [4.78, 5) is 11.3. The van der Waals surface area contributed by atoms with E-state index in [1.165, 1.54) is 0 Å². The molecule has 0 aliphatic carbocycles. The van der Waals surface area contributed by atoms with Gasteiger partial charge in [0.25, 0.3) is 5.24 Å². The van der Waals surface area contributed by atoms with E-state index in [4.69, 9.17) is 11.6 Å².